The van der Waals surface area contributed by atoms with Gasteiger partial charge in [-0.15, -0.1) is 11.8 Å². The summed E-state index contributed by atoms with van der Waals surface area (Å²) in [6.07, 6.45) is 1.60. The Morgan fingerprint density at radius 3 is 2.50 bits per heavy atom. The van der Waals surface area contributed by atoms with Gasteiger partial charge in [-0.25, -0.2) is 9.78 Å². The number of esters is 1. The number of nitrogens with one attached hydrogen (secondary N) is 1. The lowest BCUT2D eigenvalue weighted by atomic mass is 10.2. The zero-order chi connectivity index (χ0) is 24.3. The number of hydrogen-bond acceptors (Lipinski definition) is 9. The minimum absolute atomic E-state index is 0.273. The van der Waals surface area contributed by atoms with Gasteiger partial charge in [-0.1, -0.05) is 5.16 Å². The SMILES string of the molecule is CCOc1ccc(OCCNC(=O)COC(=O)c2cccnc2SCc2c(C)noc2C)cc1. The quantitative estimate of drug-likeness (QED) is 0.233. The van der Waals surface area contributed by atoms with E-state index in [2.05, 4.69) is 15.5 Å². The van der Waals surface area contributed by atoms with Gasteiger partial charge in [0.2, 0.25) is 0 Å². The number of carbonyl (C=O) groups is 2. The van der Waals surface area contributed by atoms with Gasteiger partial charge in [-0.05, 0) is 57.2 Å². The van der Waals surface area contributed by atoms with E-state index in [9.17, 15) is 9.59 Å². The Morgan fingerprint density at radius 1 is 1.09 bits per heavy atom. The molecule has 0 spiro atoms. The molecule has 1 N–H and O–H groups in total. The average Bonchev–Trinajstić information content (AvgIpc) is 3.17. The number of amides is 1. The maximum Gasteiger partial charge on any atom is 0.341 e. The van der Waals surface area contributed by atoms with Gasteiger partial charge in [0.05, 0.1) is 24.4 Å². The average molecular weight is 486 g/mol. The molecule has 1 amide bonds. The summed E-state index contributed by atoms with van der Waals surface area (Å²) in [7, 11) is 0. The fraction of sp³-hybridized carbons (Fsp3) is 0.333. The Hall–Kier alpha value is -3.53. The van der Waals surface area contributed by atoms with Crippen molar-refractivity contribution >= 4 is 23.6 Å². The molecule has 3 rings (SSSR count). The van der Waals surface area contributed by atoms with Gasteiger partial charge in [0, 0.05) is 17.5 Å². The monoisotopic (exact) mass is 485 g/mol. The van der Waals surface area contributed by atoms with Crippen molar-refractivity contribution in [1.82, 2.24) is 15.5 Å². The Labute approximate surface area is 202 Å². The fourth-order valence-electron chi connectivity index (χ4n) is 2.93. The van der Waals surface area contributed by atoms with Crippen LogP contribution in [0.2, 0.25) is 0 Å². The van der Waals surface area contributed by atoms with Crippen LogP contribution in [-0.4, -0.2) is 48.4 Å². The molecule has 2 heterocycles. The van der Waals surface area contributed by atoms with E-state index in [4.69, 9.17) is 18.7 Å². The van der Waals surface area contributed by atoms with E-state index in [1.54, 1.807) is 30.5 Å². The summed E-state index contributed by atoms with van der Waals surface area (Å²) < 4.78 is 21.3. The highest BCUT2D eigenvalue weighted by Crippen LogP contribution is 2.27. The minimum atomic E-state index is -0.616. The van der Waals surface area contributed by atoms with E-state index in [0.717, 1.165) is 22.8 Å². The number of nitrogens with zero attached hydrogens (tertiary/aromatic N) is 2. The maximum absolute atomic E-state index is 12.5. The topological polar surface area (TPSA) is 113 Å². The third-order valence-electron chi connectivity index (χ3n) is 4.69. The second-order valence-electron chi connectivity index (χ2n) is 7.13. The number of pyridine rings is 1. The van der Waals surface area contributed by atoms with Crippen molar-refractivity contribution in [1.29, 1.82) is 0 Å². The summed E-state index contributed by atoms with van der Waals surface area (Å²) in [6, 6.07) is 10.5. The summed E-state index contributed by atoms with van der Waals surface area (Å²) in [4.78, 5) is 28.9. The number of carbonyl (C=O) groups excluding carboxylic acids is 2. The number of rotatable bonds is 12. The van der Waals surface area contributed by atoms with Gasteiger partial charge in [0.25, 0.3) is 5.91 Å². The van der Waals surface area contributed by atoms with Crippen LogP contribution < -0.4 is 14.8 Å². The van der Waals surface area contributed by atoms with Crippen LogP contribution in [0.25, 0.3) is 0 Å². The Kier molecular flexibility index (Phi) is 9.33. The van der Waals surface area contributed by atoms with Crippen molar-refractivity contribution in [2.45, 2.75) is 31.6 Å². The maximum atomic E-state index is 12.5. The molecule has 180 valence electrons. The van der Waals surface area contributed by atoms with Crippen molar-refractivity contribution < 1.29 is 28.3 Å². The van der Waals surface area contributed by atoms with E-state index in [1.807, 2.05) is 32.9 Å². The van der Waals surface area contributed by atoms with Crippen LogP contribution in [0.1, 0.15) is 34.3 Å². The van der Waals surface area contributed by atoms with Crippen molar-refractivity contribution in [3.05, 3.63) is 65.2 Å². The lowest BCUT2D eigenvalue weighted by molar-refractivity contribution is -0.124. The predicted molar refractivity (Wildman–Crippen MR) is 126 cm³/mol. The summed E-state index contributed by atoms with van der Waals surface area (Å²) in [5, 5.41) is 7.10. The first-order valence-corrected chi connectivity index (χ1v) is 11.8. The Bertz CT molecular complexity index is 1080. The molecule has 0 bridgehead atoms. The van der Waals surface area contributed by atoms with E-state index < -0.39 is 18.5 Å². The molecule has 9 nitrogen and oxygen atoms in total. The predicted octanol–water partition coefficient (Wildman–Crippen LogP) is 3.73. The summed E-state index contributed by atoms with van der Waals surface area (Å²) in [6.45, 7) is 6.37. The van der Waals surface area contributed by atoms with E-state index >= 15 is 0 Å². The highest BCUT2D eigenvalue weighted by molar-refractivity contribution is 7.98. The molecule has 2 aromatic heterocycles. The smallest absolute Gasteiger partial charge is 0.341 e. The molecule has 0 saturated heterocycles. The minimum Gasteiger partial charge on any atom is -0.494 e. The molecule has 1 aromatic carbocycles. The molecule has 0 atom stereocenters. The van der Waals surface area contributed by atoms with Gasteiger partial charge < -0.3 is 24.1 Å². The van der Waals surface area contributed by atoms with Crippen LogP contribution in [0.4, 0.5) is 0 Å². The zero-order valence-electron chi connectivity index (χ0n) is 19.3. The number of benzene rings is 1. The second-order valence-corrected chi connectivity index (χ2v) is 8.09. The molecule has 34 heavy (non-hydrogen) atoms. The van der Waals surface area contributed by atoms with Crippen molar-refractivity contribution in [2.24, 2.45) is 0 Å². The molecule has 10 heteroatoms. The molecular weight excluding hydrogens is 458 g/mol. The first-order valence-electron chi connectivity index (χ1n) is 10.8. The van der Waals surface area contributed by atoms with Crippen molar-refractivity contribution in [2.75, 3.05) is 26.4 Å². The lowest BCUT2D eigenvalue weighted by Gasteiger charge is -2.10. The van der Waals surface area contributed by atoms with E-state index in [1.165, 1.54) is 11.8 Å². The van der Waals surface area contributed by atoms with Crippen LogP contribution in [0.15, 0.2) is 52.1 Å². The highest BCUT2D eigenvalue weighted by Gasteiger charge is 2.17. The molecule has 0 aliphatic carbocycles. The van der Waals surface area contributed by atoms with Crippen LogP contribution in [0.3, 0.4) is 0 Å². The number of ether oxygens (including phenoxy) is 3. The van der Waals surface area contributed by atoms with Gasteiger partial charge in [-0.2, -0.15) is 0 Å². The first-order chi connectivity index (χ1) is 16.5. The van der Waals surface area contributed by atoms with Crippen molar-refractivity contribution in [3.8, 4) is 11.5 Å². The van der Waals surface area contributed by atoms with Crippen LogP contribution in [-0.2, 0) is 15.3 Å². The normalized spacial score (nSPS) is 10.6. The standard InChI is InChI=1S/C24H27N3O6S/c1-4-30-18-7-9-19(10-8-18)31-13-12-25-22(28)14-32-24(29)20-6-5-11-26-23(20)34-15-21-16(2)27-33-17(21)3/h5-11H,4,12-15H2,1-3H3,(H,25,28). The number of thioether (sulfide) groups is 1. The van der Waals surface area contributed by atoms with E-state index in [0.29, 0.717) is 28.7 Å². The third kappa shape index (κ3) is 7.24. The molecule has 0 unspecified atom stereocenters. The number of aromatic nitrogens is 2. The Morgan fingerprint density at radius 2 is 1.82 bits per heavy atom. The second kappa shape index (κ2) is 12.6. The lowest BCUT2D eigenvalue weighted by Crippen LogP contribution is -2.32. The zero-order valence-corrected chi connectivity index (χ0v) is 20.1. The largest absolute Gasteiger partial charge is 0.494 e. The van der Waals surface area contributed by atoms with Gasteiger partial charge in [0.1, 0.15) is 28.9 Å². The molecule has 0 aliphatic heterocycles. The molecule has 3 aromatic rings. The van der Waals surface area contributed by atoms with Crippen molar-refractivity contribution in [3.63, 3.8) is 0 Å². The first kappa shape index (κ1) is 25.1. The van der Waals surface area contributed by atoms with Gasteiger partial charge in [-0.3, -0.25) is 4.79 Å². The summed E-state index contributed by atoms with van der Waals surface area (Å²) in [5.41, 5.74) is 2.06. The fourth-order valence-corrected chi connectivity index (χ4v) is 4.06. The molecular formula is C24H27N3O6S. The van der Waals surface area contributed by atoms with E-state index in [-0.39, 0.29) is 13.2 Å². The van der Waals surface area contributed by atoms with Crippen LogP contribution in [0.5, 0.6) is 11.5 Å². The summed E-state index contributed by atoms with van der Waals surface area (Å²) in [5.74, 6) is 1.68. The highest BCUT2D eigenvalue weighted by atomic mass is 32.2. The third-order valence-corrected chi connectivity index (χ3v) is 5.72. The molecule has 0 fully saturated rings. The van der Waals surface area contributed by atoms with Gasteiger partial charge in [0.15, 0.2) is 6.61 Å². The summed E-state index contributed by atoms with van der Waals surface area (Å²) >= 11 is 1.38. The van der Waals surface area contributed by atoms with Crippen LogP contribution in [0, 0.1) is 13.8 Å². The number of hydrogen-bond donors (Lipinski definition) is 1. The molecule has 0 radical (unpaired) electrons. The molecule has 0 aliphatic rings. The Balaban J connectivity index is 1.41. The molecule has 0 saturated carbocycles. The number of aryl methyl sites for hydroxylation is 2. The van der Waals surface area contributed by atoms with Crippen LogP contribution >= 0.6 is 11.8 Å². The van der Waals surface area contributed by atoms with Gasteiger partial charge >= 0.3 is 5.97 Å².